The number of hydrogen-bond donors (Lipinski definition) is 1. The quantitative estimate of drug-likeness (QED) is 0.854. The van der Waals surface area contributed by atoms with E-state index in [1.165, 1.54) is 11.3 Å². The van der Waals surface area contributed by atoms with Crippen molar-refractivity contribution in [2.75, 3.05) is 6.54 Å². The third-order valence-corrected chi connectivity index (χ3v) is 4.27. The van der Waals surface area contributed by atoms with Crippen LogP contribution in [-0.4, -0.2) is 17.6 Å². The number of nitrogens with zero attached hydrogens (tertiary/aromatic N) is 1. The Morgan fingerprint density at radius 3 is 2.75 bits per heavy atom. The molecule has 0 bridgehead atoms. The molecule has 0 aliphatic rings. The zero-order chi connectivity index (χ0) is 14.5. The molecule has 1 heterocycles. The summed E-state index contributed by atoms with van der Waals surface area (Å²) in [5.74, 6) is 0.401. The Hall–Kier alpha value is -0.900. The van der Waals surface area contributed by atoms with E-state index in [9.17, 15) is 0 Å². The van der Waals surface area contributed by atoms with E-state index in [1.54, 1.807) is 11.3 Å². The van der Waals surface area contributed by atoms with E-state index in [4.69, 9.17) is 11.6 Å². The molecule has 0 spiro atoms. The van der Waals surface area contributed by atoms with Gasteiger partial charge in [-0.1, -0.05) is 37.6 Å². The number of aryl methyl sites for hydroxylation is 1. The fraction of sp³-hybridized carbons (Fsp3) is 0.438. The second kappa shape index (κ2) is 7.21. The summed E-state index contributed by atoms with van der Waals surface area (Å²) < 4.78 is 0. The van der Waals surface area contributed by atoms with Crippen molar-refractivity contribution in [2.24, 2.45) is 0 Å². The molecule has 0 fully saturated rings. The standard InChI is InChI=1S/C16H21ClN2S/c1-11(2)18-9-14(8-16-10-20-12(3)19-16)13-5-4-6-15(17)7-13/h4-7,10-11,14,18H,8-9H2,1-3H3. The fourth-order valence-electron chi connectivity index (χ4n) is 2.20. The Kier molecular flexibility index (Phi) is 5.58. The number of rotatable bonds is 6. The maximum atomic E-state index is 6.12. The lowest BCUT2D eigenvalue weighted by Crippen LogP contribution is -2.29. The molecule has 1 aromatic heterocycles. The molecular weight excluding hydrogens is 288 g/mol. The monoisotopic (exact) mass is 308 g/mol. The molecule has 1 unspecified atom stereocenters. The van der Waals surface area contributed by atoms with Crippen LogP contribution in [0.3, 0.4) is 0 Å². The molecule has 0 radical (unpaired) electrons. The predicted molar refractivity (Wildman–Crippen MR) is 87.9 cm³/mol. The van der Waals surface area contributed by atoms with E-state index in [0.717, 1.165) is 23.0 Å². The molecule has 1 aromatic carbocycles. The summed E-state index contributed by atoms with van der Waals surface area (Å²) in [6.07, 6.45) is 0.949. The van der Waals surface area contributed by atoms with Crippen molar-refractivity contribution in [1.82, 2.24) is 10.3 Å². The Morgan fingerprint density at radius 2 is 2.15 bits per heavy atom. The average Bonchev–Trinajstić information content (AvgIpc) is 2.80. The van der Waals surface area contributed by atoms with E-state index in [1.807, 2.05) is 12.1 Å². The van der Waals surface area contributed by atoms with Gasteiger partial charge in [-0.05, 0) is 31.0 Å². The van der Waals surface area contributed by atoms with Gasteiger partial charge in [-0.2, -0.15) is 0 Å². The van der Waals surface area contributed by atoms with Gasteiger partial charge in [-0.25, -0.2) is 4.98 Å². The van der Waals surface area contributed by atoms with Crippen LogP contribution < -0.4 is 5.32 Å². The first-order chi connectivity index (χ1) is 9.54. The van der Waals surface area contributed by atoms with Crippen LogP contribution in [0.2, 0.25) is 5.02 Å². The molecule has 2 aromatic rings. The number of hydrogen-bond acceptors (Lipinski definition) is 3. The maximum Gasteiger partial charge on any atom is 0.0897 e. The van der Waals surface area contributed by atoms with E-state index in [-0.39, 0.29) is 0 Å². The van der Waals surface area contributed by atoms with Gasteiger partial charge in [0.05, 0.1) is 10.7 Å². The first kappa shape index (κ1) is 15.5. The van der Waals surface area contributed by atoms with E-state index >= 15 is 0 Å². The Balaban J connectivity index is 2.15. The topological polar surface area (TPSA) is 24.9 Å². The molecule has 0 amide bonds. The van der Waals surface area contributed by atoms with Crippen LogP contribution in [0.25, 0.3) is 0 Å². The van der Waals surface area contributed by atoms with Crippen molar-refractivity contribution in [3.05, 3.63) is 50.9 Å². The summed E-state index contributed by atoms with van der Waals surface area (Å²) in [4.78, 5) is 4.58. The number of halogens is 1. The van der Waals surface area contributed by atoms with Gasteiger partial charge < -0.3 is 5.32 Å². The van der Waals surface area contributed by atoms with Crippen LogP contribution in [0.4, 0.5) is 0 Å². The van der Waals surface area contributed by atoms with Gasteiger partial charge in [0.15, 0.2) is 0 Å². The normalized spacial score (nSPS) is 12.8. The summed E-state index contributed by atoms with van der Waals surface area (Å²) in [6.45, 7) is 7.33. The van der Waals surface area contributed by atoms with Gasteiger partial charge in [-0.15, -0.1) is 11.3 Å². The summed E-state index contributed by atoms with van der Waals surface area (Å²) in [5.41, 5.74) is 2.44. The Labute approximate surface area is 130 Å². The molecule has 20 heavy (non-hydrogen) atoms. The van der Waals surface area contributed by atoms with Crippen molar-refractivity contribution >= 4 is 22.9 Å². The second-order valence-corrected chi connectivity index (χ2v) is 6.88. The van der Waals surface area contributed by atoms with E-state index < -0.39 is 0 Å². The van der Waals surface area contributed by atoms with Crippen molar-refractivity contribution < 1.29 is 0 Å². The number of benzene rings is 1. The first-order valence-electron chi connectivity index (χ1n) is 6.94. The van der Waals surface area contributed by atoms with Crippen LogP contribution in [0.5, 0.6) is 0 Å². The molecule has 108 valence electrons. The number of thiazole rings is 1. The lowest BCUT2D eigenvalue weighted by Gasteiger charge is -2.19. The largest absolute Gasteiger partial charge is 0.314 e. The van der Waals surface area contributed by atoms with Crippen LogP contribution in [0.15, 0.2) is 29.6 Å². The van der Waals surface area contributed by atoms with Crippen molar-refractivity contribution in [2.45, 2.75) is 39.2 Å². The van der Waals surface area contributed by atoms with Gasteiger partial charge in [0.1, 0.15) is 0 Å². The van der Waals surface area contributed by atoms with Crippen molar-refractivity contribution in [1.29, 1.82) is 0 Å². The Morgan fingerprint density at radius 1 is 1.35 bits per heavy atom. The minimum Gasteiger partial charge on any atom is -0.314 e. The van der Waals surface area contributed by atoms with Crippen LogP contribution >= 0.6 is 22.9 Å². The molecule has 2 rings (SSSR count). The summed E-state index contributed by atoms with van der Waals surface area (Å²) in [5, 5.41) is 7.60. The lowest BCUT2D eigenvalue weighted by atomic mass is 9.94. The highest BCUT2D eigenvalue weighted by Gasteiger charge is 2.15. The summed E-state index contributed by atoms with van der Waals surface area (Å²) >= 11 is 7.84. The molecular formula is C16H21ClN2S. The molecule has 4 heteroatoms. The highest BCUT2D eigenvalue weighted by molar-refractivity contribution is 7.09. The van der Waals surface area contributed by atoms with Gasteiger partial charge in [-0.3, -0.25) is 0 Å². The second-order valence-electron chi connectivity index (χ2n) is 5.38. The van der Waals surface area contributed by atoms with Crippen LogP contribution in [0, 0.1) is 6.92 Å². The minimum absolute atomic E-state index is 0.401. The summed E-state index contributed by atoms with van der Waals surface area (Å²) in [7, 11) is 0. The molecule has 0 aliphatic carbocycles. The van der Waals surface area contributed by atoms with E-state index in [2.05, 4.69) is 48.6 Å². The smallest absolute Gasteiger partial charge is 0.0897 e. The number of aromatic nitrogens is 1. The molecule has 0 saturated carbocycles. The minimum atomic E-state index is 0.401. The van der Waals surface area contributed by atoms with Gasteiger partial charge in [0.25, 0.3) is 0 Å². The molecule has 1 N–H and O–H groups in total. The molecule has 0 aliphatic heterocycles. The first-order valence-corrected chi connectivity index (χ1v) is 8.20. The van der Waals surface area contributed by atoms with Gasteiger partial charge >= 0.3 is 0 Å². The van der Waals surface area contributed by atoms with Crippen molar-refractivity contribution in [3.8, 4) is 0 Å². The lowest BCUT2D eigenvalue weighted by molar-refractivity contribution is 0.524. The Bertz CT molecular complexity index is 551. The zero-order valence-corrected chi connectivity index (χ0v) is 13.8. The van der Waals surface area contributed by atoms with Crippen LogP contribution in [-0.2, 0) is 6.42 Å². The summed E-state index contributed by atoms with van der Waals surface area (Å²) in [6, 6.07) is 8.64. The maximum absolute atomic E-state index is 6.12. The average molecular weight is 309 g/mol. The van der Waals surface area contributed by atoms with Crippen molar-refractivity contribution in [3.63, 3.8) is 0 Å². The highest BCUT2D eigenvalue weighted by Crippen LogP contribution is 2.24. The predicted octanol–water partition coefficient (Wildman–Crippen LogP) is 4.43. The molecule has 0 saturated heterocycles. The SMILES string of the molecule is Cc1nc(CC(CNC(C)C)c2cccc(Cl)c2)cs1. The highest BCUT2D eigenvalue weighted by atomic mass is 35.5. The molecule has 2 nitrogen and oxygen atoms in total. The fourth-order valence-corrected chi connectivity index (χ4v) is 3.03. The third-order valence-electron chi connectivity index (χ3n) is 3.21. The van der Waals surface area contributed by atoms with Crippen LogP contribution in [0.1, 0.15) is 36.0 Å². The molecule has 1 atom stereocenters. The number of nitrogens with one attached hydrogen (secondary N) is 1. The third kappa shape index (κ3) is 4.58. The zero-order valence-electron chi connectivity index (χ0n) is 12.2. The van der Waals surface area contributed by atoms with Gasteiger partial charge in [0, 0.05) is 28.9 Å². The van der Waals surface area contributed by atoms with Gasteiger partial charge in [0.2, 0.25) is 0 Å². The van der Waals surface area contributed by atoms with E-state index in [0.29, 0.717) is 12.0 Å².